The summed E-state index contributed by atoms with van der Waals surface area (Å²) in [6, 6.07) is 0. The molecule has 1 rings (SSSR count). The zero-order valence-corrected chi connectivity index (χ0v) is 8.50. The van der Waals surface area contributed by atoms with Crippen LogP contribution in [0.1, 0.15) is 13.3 Å². The first kappa shape index (κ1) is 11.0. The van der Waals surface area contributed by atoms with Crippen LogP contribution in [0.25, 0.3) is 0 Å². The number of nitrogens with one attached hydrogen (secondary N) is 1. The van der Waals surface area contributed by atoms with Gasteiger partial charge in [0.1, 0.15) is 5.69 Å². The van der Waals surface area contributed by atoms with E-state index in [1.54, 1.807) is 0 Å². The normalized spacial score (nSPS) is 10.2. The molecule has 0 unspecified atom stereocenters. The maximum Gasteiger partial charge on any atom is 0.192 e. The van der Waals surface area contributed by atoms with Gasteiger partial charge >= 0.3 is 0 Å². The highest BCUT2D eigenvalue weighted by atomic mass is 32.2. The van der Waals surface area contributed by atoms with Crippen LogP contribution in [0.5, 0.6) is 0 Å². The van der Waals surface area contributed by atoms with Crippen molar-refractivity contribution in [2.45, 2.75) is 13.3 Å². The van der Waals surface area contributed by atoms with Crippen LogP contribution in [0.15, 0.2) is 6.20 Å². The maximum atomic E-state index is 13.2. The van der Waals surface area contributed by atoms with E-state index in [4.69, 9.17) is 5.73 Å². The average Bonchev–Trinajstić information content (AvgIpc) is 2.18. The van der Waals surface area contributed by atoms with E-state index in [2.05, 4.69) is 9.71 Å². The molecule has 3 nitrogen and oxygen atoms in total. The number of halogens is 2. The van der Waals surface area contributed by atoms with Crippen LogP contribution in [0.4, 0.5) is 20.3 Å². The lowest BCUT2D eigenvalue weighted by molar-refractivity contribution is 0.585. The van der Waals surface area contributed by atoms with Gasteiger partial charge < -0.3 is 10.5 Å². The molecule has 1 aromatic heterocycles. The van der Waals surface area contributed by atoms with E-state index in [1.165, 1.54) is 11.9 Å². The third kappa shape index (κ3) is 2.47. The van der Waals surface area contributed by atoms with Crippen molar-refractivity contribution < 1.29 is 8.78 Å². The first-order chi connectivity index (χ1) is 6.66. The molecule has 1 aromatic rings. The minimum Gasteiger partial charge on any atom is -0.394 e. The number of hydrogen-bond acceptors (Lipinski definition) is 4. The van der Waals surface area contributed by atoms with Gasteiger partial charge in [-0.25, -0.2) is 13.8 Å². The fourth-order valence-corrected chi connectivity index (χ4v) is 1.36. The van der Waals surface area contributed by atoms with Crippen molar-refractivity contribution in [2.75, 3.05) is 16.2 Å². The van der Waals surface area contributed by atoms with Crippen LogP contribution in [-0.4, -0.2) is 10.7 Å². The Hall–Kier alpha value is -1.04. The molecule has 1 heterocycles. The van der Waals surface area contributed by atoms with Crippen molar-refractivity contribution in [3.8, 4) is 0 Å². The Labute approximate surface area is 85.2 Å². The smallest absolute Gasteiger partial charge is 0.192 e. The molecule has 0 aliphatic rings. The fourth-order valence-electron chi connectivity index (χ4n) is 0.772. The lowest BCUT2D eigenvalue weighted by atomic mass is 10.4. The second-order valence-electron chi connectivity index (χ2n) is 2.63. The summed E-state index contributed by atoms with van der Waals surface area (Å²) in [4.78, 5) is 3.55. The highest BCUT2D eigenvalue weighted by molar-refractivity contribution is 8.00. The van der Waals surface area contributed by atoms with Crippen LogP contribution in [0.2, 0.25) is 0 Å². The van der Waals surface area contributed by atoms with Gasteiger partial charge in [-0.05, 0) is 6.42 Å². The maximum absolute atomic E-state index is 13.2. The van der Waals surface area contributed by atoms with E-state index in [-0.39, 0.29) is 5.82 Å². The molecule has 0 atom stereocenters. The first-order valence-corrected chi connectivity index (χ1v) is 5.12. The van der Waals surface area contributed by atoms with Crippen LogP contribution in [0, 0.1) is 11.6 Å². The summed E-state index contributed by atoms with van der Waals surface area (Å²) in [7, 11) is 0. The summed E-state index contributed by atoms with van der Waals surface area (Å²) in [5, 5.41) is 0. The summed E-state index contributed by atoms with van der Waals surface area (Å²) >= 11 is 1.30. The van der Waals surface area contributed by atoms with E-state index in [0.29, 0.717) is 0 Å². The summed E-state index contributed by atoms with van der Waals surface area (Å²) < 4.78 is 28.5. The molecular formula is C8H11F2N3S. The molecule has 0 aromatic carbocycles. The molecular weight excluding hydrogens is 208 g/mol. The second-order valence-corrected chi connectivity index (χ2v) is 3.53. The van der Waals surface area contributed by atoms with Crippen LogP contribution in [0.3, 0.4) is 0 Å². The second kappa shape index (κ2) is 4.99. The van der Waals surface area contributed by atoms with Gasteiger partial charge in [-0.3, -0.25) is 0 Å². The van der Waals surface area contributed by atoms with E-state index in [9.17, 15) is 8.78 Å². The van der Waals surface area contributed by atoms with Gasteiger partial charge in [0, 0.05) is 5.75 Å². The van der Waals surface area contributed by atoms with Crippen molar-refractivity contribution in [1.29, 1.82) is 0 Å². The molecule has 0 spiro atoms. The van der Waals surface area contributed by atoms with Crippen LogP contribution in [-0.2, 0) is 0 Å². The molecule has 3 N–H and O–H groups in total. The Balaban J connectivity index is 2.73. The molecule has 0 aliphatic carbocycles. The highest BCUT2D eigenvalue weighted by Gasteiger charge is 2.11. The topological polar surface area (TPSA) is 50.9 Å². The van der Waals surface area contributed by atoms with E-state index >= 15 is 0 Å². The van der Waals surface area contributed by atoms with Crippen molar-refractivity contribution in [2.24, 2.45) is 0 Å². The first-order valence-electron chi connectivity index (χ1n) is 4.14. The largest absolute Gasteiger partial charge is 0.394 e. The monoisotopic (exact) mass is 219 g/mol. The SMILES string of the molecule is CCCSNc1ncc(F)c(N)c1F. The van der Waals surface area contributed by atoms with E-state index < -0.39 is 17.3 Å². The molecule has 6 heteroatoms. The molecule has 14 heavy (non-hydrogen) atoms. The van der Waals surface area contributed by atoms with Gasteiger partial charge in [0.2, 0.25) is 0 Å². The lowest BCUT2D eigenvalue weighted by Gasteiger charge is -2.06. The standard InChI is InChI=1S/C8H11F2N3S/c1-2-3-14-13-8-6(10)7(11)5(9)4-12-8/h4H,2-3H2,1H3,(H3,11,12,13). The molecule has 0 fully saturated rings. The Morgan fingerprint density at radius 3 is 2.93 bits per heavy atom. The average molecular weight is 219 g/mol. The van der Waals surface area contributed by atoms with Gasteiger partial charge in [0.25, 0.3) is 0 Å². The highest BCUT2D eigenvalue weighted by Crippen LogP contribution is 2.22. The van der Waals surface area contributed by atoms with Gasteiger partial charge in [-0.15, -0.1) is 0 Å². The summed E-state index contributed by atoms with van der Waals surface area (Å²) in [6.45, 7) is 2.00. The number of rotatable bonds is 4. The van der Waals surface area contributed by atoms with Gasteiger partial charge in [0.05, 0.1) is 6.20 Å². The van der Waals surface area contributed by atoms with Crippen LogP contribution < -0.4 is 10.5 Å². The molecule has 0 saturated heterocycles. The molecule has 0 saturated carbocycles. The van der Waals surface area contributed by atoms with Gasteiger partial charge in [0.15, 0.2) is 17.5 Å². The summed E-state index contributed by atoms with van der Waals surface area (Å²) in [5.74, 6) is -0.886. The van der Waals surface area contributed by atoms with Crippen molar-refractivity contribution in [1.82, 2.24) is 4.98 Å². The molecule has 0 bridgehead atoms. The van der Waals surface area contributed by atoms with Gasteiger partial charge in [-0.2, -0.15) is 0 Å². The number of pyridine rings is 1. The molecule has 0 aliphatic heterocycles. The van der Waals surface area contributed by atoms with Crippen LogP contribution >= 0.6 is 11.9 Å². The number of nitrogen functional groups attached to an aromatic ring is 1. The van der Waals surface area contributed by atoms with E-state index in [0.717, 1.165) is 18.4 Å². The summed E-state index contributed by atoms with van der Waals surface area (Å²) in [6.07, 6.45) is 1.85. The van der Waals surface area contributed by atoms with Gasteiger partial charge in [-0.1, -0.05) is 18.9 Å². The molecule has 0 amide bonds. The third-order valence-electron chi connectivity index (χ3n) is 1.48. The number of anilines is 2. The van der Waals surface area contributed by atoms with Crippen molar-refractivity contribution in [3.05, 3.63) is 17.8 Å². The fraction of sp³-hybridized carbons (Fsp3) is 0.375. The Bertz CT molecular complexity index is 320. The molecule has 0 radical (unpaired) electrons. The Morgan fingerprint density at radius 1 is 1.57 bits per heavy atom. The molecule has 78 valence electrons. The lowest BCUT2D eigenvalue weighted by Crippen LogP contribution is -2.02. The predicted molar refractivity (Wildman–Crippen MR) is 54.9 cm³/mol. The minimum absolute atomic E-state index is 0.0256. The predicted octanol–water partition coefficient (Wildman–Crippen LogP) is 2.41. The number of hydrogen-bond donors (Lipinski definition) is 2. The Kier molecular flexibility index (Phi) is 3.94. The van der Waals surface area contributed by atoms with E-state index in [1.807, 2.05) is 6.92 Å². The number of nitrogens with zero attached hydrogens (tertiary/aromatic N) is 1. The summed E-state index contributed by atoms with van der Waals surface area (Å²) in [5.41, 5.74) is 4.65. The quantitative estimate of drug-likeness (QED) is 0.603. The Morgan fingerprint density at radius 2 is 2.29 bits per heavy atom. The third-order valence-corrected chi connectivity index (χ3v) is 2.43. The zero-order chi connectivity index (χ0) is 10.6. The zero-order valence-electron chi connectivity index (χ0n) is 7.68. The number of nitrogens with two attached hydrogens (primary N) is 1. The van der Waals surface area contributed by atoms with Crippen molar-refractivity contribution in [3.63, 3.8) is 0 Å². The van der Waals surface area contributed by atoms with Crippen molar-refractivity contribution >= 4 is 23.5 Å². The number of aromatic nitrogens is 1. The minimum atomic E-state index is -0.839.